The highest BCUT2D eigenvalue weighted by atomic mass is 32.2. The zero-order chi connectivity index (χ0) is 10.3. The van der Waals surface area contributed by atoms with Crippen LogP contribution in [0.1, 0.15) is 6.42 Å². The van der Waals surface area contributed by atoms with E-state index >= 15 is 0 Å². The van der Waals surface area contributed by atoms with Gasteiger partial charge in [0, 0.05) is 6.42 Å². The molecule has 2 unspecified atom stereocenters. The predicted octanol–water partition coefficient (Wildman–Crippen LogP) is -1.75. The Kier molecular flexibility index (Phi) is 2.50. The number of rotatable bonds is 2. The lowest BCUT2D eigenvalue weighted by Gasteiger charge is -2.31. The third-order valence-electron chi connectivity index (χ3n) is 2.27. The van der Waals surface area contributed by atoms with Crippen LogP contribution in [0.15, 0.2) is 0 Å². The number of hydrogen-bond donors (Lipinski definition) is 3. The topological polar surface area (TPSA) is 105 Å². The van der Waals surface area contributed by atoms with Crippen LogP contribution in [0.3, 0.4) is 0 Å². The van der Waals surface area contributed by atoms with Gasteiger partial charge in [0.15, 0.2) is 6.29 Å². The van der Waals surface area contributed by atoms with Gasteiger partial charge >= 0.3 is 10.3 Å². The average molecular weight is 225 g/mol. The first-order valence-electron chi connectivity index (χ1n) is 4.15. The quantitative estimate of drug-likeness (QED) is 0.481. The molecule has 0 amide bonds. The van der Waals surface area contributed by atoms with Crippen LogP contribution in [0, 0.1) is 0 Å². The molecule has 2 saturated heterocycles. The Labute approximate surface area is 80.9 Å². The fourth-order valence-electron chi connectivity index (χ4n) is 1.69. The van der Waals surface area contributed by atoms with Crippen LogP contribution in [-0.2, 0) is 19.8 Å². The molecule has 2 bridgehead atoms. The van der Waals surface area contributed by atoms with E-state index in [-0.39, 0.29) is 6.10 Å². The minimum Gasteiger partial charge on any atom is -0.391 e. The number of hydrogen-bond acceptors (Lipinski definition) is 5. The summed E-state index contributed by atoms with van der Waals surface area (Å²) in [6, 6.07) is -0.941. The standard InChI is InChI=1S/C6H11NO6S/c8-4-1-3-2-12-6(13-3)5(4)7-14(9,10)11/h3-8H,1-2H2,(H,9,10,11)/t3?,4-,5?,6-/m1/s1. The minimum atomic E-state index is -4.35. The lowest BCUT2D eigenvalue weighted by Crippen LogP contribution is -2.54. The van der Waals surface area contributed by atoms with Gasteiger partial charge in [0.05, 0.1) is 18.8 Å². The maximum atomic E-state index is 10.5. The SMILES string of the molecule is O=S(=O)(O)NC1[C@@H]2OCC(C[C@H]1O)O2. The summed E-state index contributed by atoms with van der Waals surface area (Å²) in [5.41, 5.74) is 0. The normalized spacial score (nSPS) is 42.7. The third kappa shape index (κ3) is 2.05. The molecule has 0 aliphatic carbocycles. The Hall–Kier alpha value is -0.250. The molecule has 2 fully saturated rings. The second kappa shape index (κ2) is 3.40. The molecule has 0 spiro atoms. The maximum Gasteiger partial charge on any atom is 0.333 e. The van der Waals surface area contributed by atoms with E-state index in [1.54, 1.807) is 0 Å². The Morgan fingerprint density at radius 1 is 1.43 bits per heavy atom. The summed E-state index contributed by atoms with van der Waals surface area (Å²) in [4.78, 5) is 0. The molecule has 2 heterocycles. The van der Waals surface area contributed by atoms with Crippen LogP contribution in [0.2, 0.25) is 0 Å². The van der Waals surface area contributed by atoms with E-state index < -0.39 is 28.7 Å². The van der Waals surface area contributed by atoms with Crippen molar-refractivity contribution in [2.75, 3.05) is 6.61 Å². The largest absolute Gasteiger partial charge is 0.391 e. The molecule has 0 saturated carbocycles. The van der Waals surface area contributed by atoms with Crippen molar-refractivity contribution in [1.29, 1.82) is 0 Å². The molecule has 14 heavy (non-hydrogen) atoms. The van der Waals surface area contributed by atoms with E-state index in [4.69, 9.17) is 14.0 Å². The first-order valence-corrected chi connectivity index (χ1v) is 5.59. The van der Waals surface area contributed by atoms with Crippen molar-refractivity contribution in [3.8, 4) is 0 Å². The van der Waals surface area contributed by atoms with Crippen molar-refractivity contribution in [3.63, 3.8) is 0 Å². The number of aliphatic hydroxyl groups is 1. The predicted molar refractivity (Wildman–Crippen MR) is 43.7 cm³/mol. The summed E-state index contributed by atoms with van der Waals surface area (Å²) < 4.78 is 41.8. The summed E-state index contributed by atoms with van der Waals surface area (Å²) in [6.45, 7) is 0.339. The molecule has 0 aromatic heterocycles. The molecule has 0 aromatic carbocycles. The highest BCUT2D eigenvalue weighted by Gasteiger charge is 2.44. The smallest absolute Gasteiger partial charge is 0.333 e. The Morgan fingerprint density at radius 2 is 2.14 bits per heavy atom. The molecular weight excluding hydrogens is 214 g/mol. The fourth-order valence-corrected chi connectivity index (χ4v) is 2.30. The van der Waals surface area contributed by atoms with Crippen LogP contribution < -0.4 is 4.72 Å². The van der Waals surface area contributed by atoms with Crippen molar-refractivity contribution in [2.45, 2.75) is 31.0 Å². The van der Waals surface area contributed by atoms with Gasteiger partial charge in [0.2, 0.25) is 0 Å². The molecule has 0 aromatic rings. The van der Waals surface area contributed by atoms with Gasteiger partial charge in [-0.3, -0.25) is 4.55 Å². The van der Waals surface area contributed by atoms with E-state index in [9.17, 15) is 13.5 Å². The average Bonchev–Trinajstić information content (AvgIpc) is 2.41. The monoisotopic (exact) mass is 225 g/mol. The fraction of sp³-hybridized carbons (Fsp3) is 1.00. The van der Waals surface area contributed by atoms with Gasteiger partial charge in [-0.15, -0.1) is 0 Å². The lowest BCUT2D eigenvalue weighted by molar-refractivity contribution is -0.135. The second-order valence-corrected chi connectivity index (χ2v) is 4.57. The lowest BCUT2D eigenvalue weighted by atomic mass is 10.0. The molecule has 0 radical (unpaired) electrons. The number of ether oxygens (including phenoxy) is 2. The molecule has 82 valence electrons. The van der Waals surface area contributed by atoms with Crippen molar-refractivity contribution < 1.29 is 27.6 Å². The minimum absolute atomic E-state index is 0.186. The number of fused-ring (bicyclic) bond motifs is 2. The van der Waals surface area contributed by atoms with Crippen molar-refractivity contribution in [1.82, 2.24) is 4.72 Å². The van der Waals surface area contributed by atoms with Crippen LogP contribution in [0.4, 0.5) is 0 Å². The highest BCUT2D eigenvalue weighted by Crippen LogP contribution is 2.27. The van der Waals surface area contributed by atoms with Crippen LogP contribution in [0.5, 0.6) is 0 Å². The van der Waals surface area contributed by atoms with E-state index in [0.717, 1.165) is 0 Å². The third-order valence-corrected chi connectivity index (χ3v) is 2.84. The van der Waals surface area contributed by atoms with Crippen LogP contribution >= 0.6 is 0 Å². The summed E-state index contributed by atoms with van der Waals surface area (Å²) in [6.07, 6.45) is -1.60. The molecule has 7 nitrogen and oxygen atoms in total. The van der Waals surface area contributed by atoms with Gasteiger partial charge in [-0.25, -0.2) is 0 Å². The molecule has 2 rings (SSSR count). The first kappa shape index (κ1) is 10.3. The first-order chi connectivity index (χ1) is 6.46. The molecule has 2 aliphatic heterocycles. The zero-order valence-corrected chi connectivity index (χ0v) is 7.98. The van der Waals surface area contributed by atoms with Gasteiger partial charge in [0.1, 0.15) is 6.04 Å². The Balaban J connectivity index is 2.09. The van der Waals surface area contributed by atoms with Gasteiger partial charge < -0.3 is 14.6 Å². The summed E-state index contributed by atoms with van der Waals surface area (Å²) >= 11 is 0. The molecule has 2 aliphatic rings. The van der Waals surface area contributed by atoms with Crippen LogP contribution in [0.25, 0.3) is 0 Å². The second-order valence-electron chi connectivity index (χ2n) is 3.38. The molecule has 8 heteroatoms. The van der Waals surface area contributed by atoms with Crippen molar-refractivity contribution in [2.24, 2.45) is 0 Å². The van der Waals surface area contributed by atoms with Crippen molar-refractivity contribution in [3.05, 3.63) is 0 Å². The summed E-state index contributed by atoms with van der Waals surface area (Å²) in [5.74, 6) is 0. The summed E-state index contributed by atoms with van der Waals surface area (Å²) in [7, 11) is -4.35. The molecular formula is C6H11NO6S. The maximum absolute atomic E-state index is 10.5. The van der Waals surface area contributed by atoms with Gasteiger partial charge in [0.25, 0.3) is 0 Å². The zero-order valence-electron chi connectivity index (χ0n) is 7.16. The number of nitrogens with one attached hydrogen (secondary N) is 1. The van der Waals surface area contributed by atoms with E-state index in [2.05, 4.69) is 0 Å². The highest BCUT2D eigenvalue weighted by molar-refractivity contribution is 7.83. The van der Waals surface area contributed by atoms with E-state index in [0.29, 0.717) is 13.0 Å². The van der Waals surface area contributed by atoms with Gasteiger partial charge in [-0.2, -0.15) is 13.1 Å². The van der Waals surface area contributed by atoms with E-state index in [1.165, 1.54) is 0 Å². The Bertz CT molecular complexity index is 316. The van der Waals surface area contributed by atoms with Crippen LogP contribution in [-0.4, -0.2) is 49.2 Å². The van der Waals surface area contributed by atoms with Gasteiger partial charge in [-0.05, 0) is 0 Å². The van der Waals surface area contributed by atoms with Gasteiger partial charge in [-0.1, -0.05) is 0 Å². The van der Waals surface area contributed by atoms with E-state index in [1.807, 2.05) is 4.72 Å². The molecule has 4 atom stereocenters. The summed E-state index contributed by atoms with van der Waals surface area (Å²) in [5, 5.41) is 9.52. The number of aliphatic hydroxyl groups excluding tert-OH is 1. The Morgan fingerprint density at radius 3 is 2.79 bits per heavy atom. The van der Waals surface area contributed by atoms with Crippen molar-refractivity contribution >= 4 is 10.3 Å². The molecule has 3 N–H and O–H groups in total.